The molecule has 14 heavy (non-hydrogen) atoms. The fourth-order valence-electron chi connectivity index (χ4n) is 1.71. The van der Waals surface area contributed by atoms with Crippen molar-refractivity contribution in [2.24, 2.45) is 0 Å². The van der Waals surface area contributed by atoms with Gasteiger partial charge in [-0.3, -0.25) is 0 Å². The Balaban J connectivity index is 2.04. The molecule has 0 radical (unpaired) electrons. The van der Waals surface area contributed by atoms with Crippen LogP contribution in [0.15, 0.2) is 0 Å². The number of aliphatic hydroxyl groups excluding tert-OH is 4. The summed E-state index contributed by atoms with van der Waals surface area (Å²) in [4.78, 5) is 0. The first kappa shape index (κ1) is 10.3. The fourth-order valence-corrected chi connectivity index (χ4v) is 1.71. The Morgan fingerprint density at radius 2 is 1.36 bits per heavy atom. The Kier molecular flexibility index (Phi) is 2.50. The number of epoxide rings is 1. The van der Waals surface area contributed by atoms with Gasteiger partial charge in [0.2, 0.25) is 0 Å². The summed E-state index contributed by atoms with van der Waals surface area (Å²) in [5, 5.41) is 37.3. The van der Waals surface area contributed by atoms with E-state index in [1.54, 1.807) is 6.92 Å². The highest BCUT2D eigenvalue weighted by atomic mass is 16.7. The van der Waals surface area contributed by atoms with Crippen LogP contribution in [0, 0.1) is 0 Å². The lowest BCUT2D eigenvalue weighted by atomic mass is 9.94. The SMILES string of the molecule is CC1OC(C2OC2O)C(O)C(O)C1O. The van der Waals surface area contributed by atoms with Crippen molar-refractivity contribution in [3.63, 3.8) is 0 Å². The average molecular weight is 206 g/mol. The molecule has 2 rings (SSSR count). The zero-order chi connectivity index (χ0) is 10.5. The van der Waals surface area contributed by atoms with E-state index in [0.29, 0.717) is 0 Å². The Morgan fingerprint density at radius 3 is 1.86 bits per heavy atom. The van der Waals surface area contributed by atoms with Gasteiger partial charge in [0.05, 0.1) is 6.10 Å². The van der Waals surface area contributed by atoms with Crippen molar-refractivity contribution in [1.82, 2.24) is 0 Å². The summed E-state index contributed by atoms with van der Waals surface area (Å²) in [6.45, 7) is 1.58. The highest BCUT2D eigenvalue weighted by Crippen LogP contribution is 2.32. The maximum Gasteiger partial charge on any atom is 0.184 e. The predicted molar refractivity (Wildman–Crippen MR) is 43.2 cm³/mol. The Hall–Kier alpha value is -0.240. The van der Waals surface area contributed by atoms with E-state index in [9.17, 15) is 15.3 Å². The van der Waals surface area contributed by atoms with E-state index in [0.717, 1.165) is 0 Å². The average Bonchev–Trinajstić information content (AvgIpc) is 2.85. The lowest BCUT2D eigenvalue weighted by Gasteiger charge is -2.38. The molecule has 7 unspecified atom stereocenters. The van der Waals surface area contributed by atoms with Crippen molar-refractivity contribution in [3.8, 4) is 0 Å². The lowest BCUT2D eigenvalue weighted by Crippen LogP contribution is -2.58. The third-order valence-corrected chi connectivity index (χ3v) is 2.71. The van der Waals surface area contributed by atoms with Gasteiger partial charge in [0.1, 0.15) is 30.5 Å². The van der Waals surface area contributed by atoms with Gasteiger partial charge in [-0.1, -0.05) is 0 Å². The van der Waals surface area contributed by atoms with Crippen LogP contribution < -0.4 is 0 Å². The van der Waals surface area contributed by atoms with Crippen molar-refractivity contribution in [1.29, 1.82) is 0 Å². The maximum atomic E-state index is 9.53. The molecule has 7 atom stereocenters. The van der Waals surface area contributed by atoms with E-state index in [2.05, 4.69) is 0 Å². The van der Waals surface area contributed by atoms with Crippen LogP contribution in [0.4, 0.5) is 0 Å². The molecule has 82 valence electrons. The molecule has 2 aliphatic rings. The molecule has 2 aliphatic heterocycles. The molecule has 0 saturated carbocycles. The minimum atomic E-state index is -1.26. The monoisotopic (exact) mass is 206 g/mol. The van der Waals surface area contributed by atoms with Gasteiger partial charge in [0, 0.05) is 0 Å². The number of rotatable bonds is 1. The minimum Gasteiger partial charge on any atom is -0.388 e. The number of ether oxygens (including phenoxy) is 2. The standard InChI is InChI=1S/C8H14O6/c1-2-3(9)4(10)5(11)6(13-2)7-8(12)14-7/h2-12H,1H3. The van der Waals surface area contributed by atoms with Gasteiger partial charge < -0.3 is 29.9 Å². The summed E-state index contributed by atoms with van der Waals surface area (Å²) in [6, 6.07) is 0. The van der Waals surface area contributed by atoms with Gasteiger partial charge in [0.15, 0.2) is 6.29 Å². The summed E-state index contributed by atoms with van der Waals surface area (Å²) < 4.78 is 9.97. The molecule has 0 aromatic carbocycles. The molecule has 6 nitrogen and oxygen atoms in total. The second-order valence-corrected chi connectivity index (χ2v) is 3.77. The second-order valence-electron chi connectivity index (χ2n) is 3.77. The number of aliphatic hydroxyl groups is 4. The van der Waals surface area contributed by atoms with E-state index in [1.165, 1.54) is 0 Å². The number of hydrogen-bond donors (Lipinski definition) is 4. The molecule has 0 spiro atoms. The van der Waals surface area contributed by atoms with E-state index in [4.69, 9.17) is 14.6 Å². The van der Waals surface area contributed by atoms with Crippen molar-refractivity contribution >= 4 is 0 Å². The summed E-state index contributed by atoms with van der Waals surface area (Å²) in [6.07, 6.45) is -6.52. The van der Waals surface area contributed by atoms with Gasteiger partial charge in [-0.15, -0.1) is 0 Å². The summed E-state index contributed by atoms with van der Waals surface area (Å²) >= 11 is 0. The summed E-state index contributed by atoms with van der Waals surface area (Å²) in [7, 11) is 0. The third kappa shape index (κ3) is 1.54. The molecule has 2 saturated heterocycles. The Bertz CT molecular complexity index is 222. The van der Waals surface area contributed by atoms with E-state index >= 15 is 0 Å². The first-order valence-electron chi connectivity index (χ1n) is 4.55. The van der Waals surface area contributed by atoms with E-state index in [1.807, 2.05) is 0 Å². The van der Waals surface area contributed by atoms with Crippen molar-refractivity contribution in [2.75, 3.05) is 0 Å². The topological polar surface area (TPSA) is 103 Å². The molecule has 0 amide bonds. The van der Waals surface area contributed by atoms with Gasteiger partial charge in [-0.05, 0) is 6.92 Å². The molecule has 0 aromatic heterocycles. The number of hydrogen-bond acceptors (Lipinski definition) is 6. The van der Waals surface area contributed by atoms with Crippen LogP contribution in [-0.4, -0.2) is 63.3 Å². The van der Waals surface area contributed by atoms with Crippen LogP contribution >= 0.6 is 0 Å². The molecule has 0 aromatic rings. The van der Waals surface area contributed by atoms with Crippen molar-refractivity contribution in [3.05, 3.63) is 0 Å². The van der Waals surface area contributed by atoms with Crippen LogP contribution in [0.3, 0.4) is 0 Å². The normalized spacial score (nSPS) is 58.5. The van der Waals surface area contributed by atoms with Crippen LogP contribution in [0.2, 0.25) is 0 Å². The molecule has 6 heteroatoms. The van der Waals surface area contributed by atoms with Gasteiger partial charge in [-0.2, -0.15) is 0 Å². The Labute approximate surface area is 80.7 Å². The lowest BCUT2D eigenvalue weighted by molar-refractivity contribution is -0.221. The molecular formula is C8H14O6. The molecule has 0 aliphatic carbocycles. The second kappa shape index (κ2) is 3.41. The van der Waals surface area contributed by atoms with Crippen molar-refractivity contribution in [2.45, 2.75) is 49.8 Å². The third-order valence-electron chi connectivity index (χ3n) is 2.71. The first-order chi connectivity index (χ1) is 6.52. The largest absolute Gasteiger partial charge is 0.388 e. The zero-order valence-electron chi connectivity index (χ0n) is 7.65. The minimum absolute atomic E-state index is 0.588. The summed E-state index contributed by atoms with van der Waals surface area (Å²) in [5.74, 6) is 0. The smallest absolute Gasteiger partial charge is 0.184 e. The van der Waals surface area contributed by atoms with Crippen LogP contribution in [0.25, 0.3) is 0 Å². The summed E-state index contributed by atoms with van der Waals surface area (Å²) in [5.41, 5.74) is 0. The van der Waals surface area contributed by atoms with Gasteiger partial charge in [-0.25, -0.2) is 0 Å². The van der Waals surface area contributed by atoms with E-state index < -0.39 is 42.9 Å². The van der Waals surface area contributed by atoms with Crippen LogP contribution in [0.5, 0.6) is 0 Å². The molecule has 2 fully saturated rings. The highest BCUT2D eigenvalue weighted by molar-refractivity contribution is 4.98. The van der Waals surface area contributed by atoms with Crippen molar-refractivity contribution < 1.29 is 29.9 Å². The van der Waals surface area contributed by atoms with Gasteiger partial charge in [0.25, 0.3) is 0 Å². The zero-order valence-corrected chi connectivity index (χ0v) is 7.65. The Morgan fingerprint density at radius 1 is 0.786 bits per heavy atom. The predicted octanol–water partition coefficient (Wildman–Crippen LogP) is -2.43. The van der Waals surface area contributed by atoms with Crippen LogP contribution in [-0.2, 0) is 9.47 Å². The molecular weight excluding hydrogens is 192 g/mol. The molecule has 4 N–H and O–H groups in total. The quantitative estimate of drug-likeness (QED) is 0.356. The first-order valence-corrected chi connectivity index (χ1v) is 4.55. The molecule has 2 heterocycles. The maximum absolute atomic E-state index is 9.53. The van der Waals surface area contributed by atoms with E-state index in [-0.39, 0.29) is 0 Å². The van der Waals surface area contributed by atoms with Crippen LogP contribution in [0.1, 0.15) is 6.92 Å². The highest BCUT2D eigenvalue weighted by Gasteiger charge is 2.54. The van der Waals surface area contributed by atoms with Gasteiger partial charge >= 0.3 is 0 Å². The fraction of sp³-hybridized carbons (Fsp3) is 1.00. The molecule has 0 bridgehead atoms.